The number of ether oxygens (including phenoxy) is 1. The summed E-state index contributed by atoms with van der Waals surface area (Å²) in [5.74, 6) is -0.307. The van der Waals surface area contributed by atoms with Crippen molar-refractivity contribution in [2.75, 3.05) is 6.61 Å². The molecule has 0 heterocycles. The lowest BCUT2D eigenvalue weighted by Crippen LogP contribution is -2.31. The standard InChI is InChI=1S/C14H20O4/c1-10(15)8-18-9-11-4-6-12(7-5-11)13(16)14(2,3)17/h4-7,10,15,17H,8-9H2,1-3H3. The molecule has 1 rings (SSSR count). The fourth-order valence-corrected chi connectivity index (χ4v) is 1.45. The minimum absolute atomic E-state index is 0.282. The molecule has 0 aliphatic carbocycles. The number of carbonyl (C=O) groups excluding carboxylic acids is 1. The van der Waals surface area contributed by atoms with Gasteiger partial charge in [-0.05, 0) is 26.3 Å². The minimum atomic E-state index is -1.36. The first kappa shape index (κ1) is 14.8. The molecule has 18 heavy (non-hydrogen) atoms. The molecule has 1 aromatic carbocycles. The second kappa shape index (κ2) is 6.09. The first-order valence-corrected chi connectivity index (χ1v) is 5.92. The monoisotopic (exact) mass is 252 g/mol. The van der Waals surface area contributed by atoms with E-state index in [9.17, 15) is 9.90 Å². The summed E-state index contributed by atoms with van der Waals surface area (Å²) in [6.45, 7) is 5.27. The van der Waals surface area contributed by atoms with Gasteiger partial charge < -0.3 is 14.9 Å². The summed E-state index contributed by atoms with van der Waals surface area (Å²) < 4.78 is 5.26. The molecule has 0 bridgehead atoms. The zero-order valence-corrected chi connectivity index (χ0v) is 11.0. The summed E-state index contributed by atoms with van der Waals surface area (Å²) in [5, 5.41) is 18.6. The zero-order valence-electron chi connectivity index (χ0n) is 11.0. The number of benzene rings is 1. The number of hydrogen-bond acceptors (Lipinski definition) is 4. The Morgan fingerprint density at radius 2 is 1.89 bits per heavy atom. The fraction of sp³-hybridized carbons (Fsp3) is 0.500. The molecule has 4 nitrogen and oxygen atoms in total. The highest BCUT2D eigenvalue weighted by molar-refractivity contribution is 6.01. The summed E-state index contributed by atoms with van der Waals surface area (Å²) in [4.78, 5) is 11.8. The Kier molecular flexibility index (Phi) is 5.02. The fourth-order valence-electron chi connectivity index (χ4n) is 1.45. The predicted octanol–water partition coefficient (Wildman–Crippen LogP) is 1.54. The van der Waals surface area contributed by atoms with Crippen molar-refractivity contribution in [1.29, 1.82) is 0 Å². The largest absolute Gasteiger partial charge is 0.391 e. The number of carbonyl (C=O) groups is 1. The second-order valence-corrected chi connectivity index (χ2v) is 4.95. The van der Waals surface area contributed by atoms with Gasteiger partial charge in [0.15, 0.2) is 5.78 Å². The third-order valence-corrected chi connectivity index (χ3v) is 2.40. The Labute approximate surface area is 107 Å². The third kappa shape index (κ3) is 4.56. The Morgan fingerprint density at radius 3 is 2.33 bits per heavy atom. The average molecular weight is 252 g/mol. The van der Waals surface area contributed by atoms with E-state index in [2.05, 4.69) is 0 Å². The van der Waals surface area contributed by atoms with E-state index in [4.69, 9.17) is 9.84 Å². The quantitative estimate of drug-likeness (QED) is 0.754. The number of aliphatic hydroxyl groups excluding tert-OH is 1. The lowest BCUT2D eigenvalue weighted by Gasteiger charge is -2.15. The van der Waals surface area contributed by atoms with Crippen molar-refractivity contribution in [3.05, 3.63) is 35.4 Å². The van der Waals surface area contributed by atoms with Crippen molar-refractivity contribution in [3.8, 4) is 0 Å². The van der Waals surface area contributed by atoms with Crippen LogP contribution in [0.3, 0.4) is 0 Å². The SMILES string of the molecule is CC(O)COCc1ccc(C(=O)C(C)(C)O)cc1. The minimum Gasteiger partial charge on any atom is -0.391 e. The summed E-state index contributed by atoms with van der Waals surface area (Å²) in [6.07, 6.45) is -0.485. The van der Waals surface area contributed by atoms with E-state index in [-0.39, 0.29) is 12.4 Å². The van der Waals surface area contributed by atoms with Crippen molar-refractivity contribution in [2.45, 2.75) is 39.1 Å². The number of hydrogen-bond donors (Lipinski definition) is 2. The predicted molar refractivity (Wildman–Crippen MR) is 68.4 cm³/mol. The van der Waals surface area contributed by atoms with Crippen LogP contribution >= 0.6 is 0 Å². The maximum Gasteiger partial charge on any atom is 0.193 e. The van der Waals surface area contributed by atoms with Crippen LogP contribution in [0.4, 0.5) is 0 Å². The number of aliphatic hydroxyl groups is 2. The van der Waals surface area contributed by atoms with Gasteiger partial charge in [0, 0.05) is 5.56 Å². The first-order valence-electron chi connectivity index (χ1n) is 5.92. The smallest absolute Gasteiger partial charge is 0.193 e. The molecule has 0 radical (unpaired) electrons. The molecule has 0 fully saturated rings. The van der Waals surface area contributed by atoms with Gasteiger partial charge in [0.1, 0.15) is 5.60 Å². The summed E-state index contributed by atoms with van der Waals surface area (Å²) in [5.41, 5.74) is 0.0365. The first-order chi connectivity index (χ1) is 8.30. The van der Waals surface area contributed by atoms with Crippen molar-refractivity contribution in [3.63, 3.8) is 0 Å². The van der Waals surface area contributed by atoms with E-state index < -0.39 is 11.7 Å². The number of ketones is 1. The van der Waals surface area contributed by atoms with Gasteiger partial charge in [0.05, 0.1) is 19.3 Å². The van der Waals surface area contributed by atoms with Crippen molar-refractivity contribution >= 4 is 5.78 Å². The van der Waals surface area contributed by atoms with Crippen LogP contribution in [0.15, 0.2) is 24.3 Å². The molecule has 1 unspecified atom stereocenters. The molecule has 0 amide bonds. The molecular formula is C14H20O4. The topological polar surface area (TPSA) is 66.8 Å². The van der Waals surface area contributed by atoms with E-state index in [0.29, 0.717) is 12.2 Å². The molecule has 0 saturated heterocycles. The Bertz CT molecular complexity index is 387. The average Bonchev–Trinajstić information content (AvgIpc) is 2.27. The van der Waals surface area contributed by atoms with E-state index in [1.54, 1.807) is 31.2 Å². The van der Waals surface area contributed by atoms with Gasteiger partial charge >= 0.3 is 0 Å². The Balaban J connectivity index is 2.60. The highest BCUT2D eigenvalue weighted by atomic mass is 16.5. The molecule has 100 valence electrons. The molecule has 0 aromatic heterocycles. The number of rotatable bonds is 6. The molecule has 0 spiro atoms. The molecule has 0 aliphatic rings. The third-order valence-electron chi connectivity index (χ3n) is 2.40. The maximum atomic E-state index is 11.8. The molecule has 1 atom stereocenters. The van der Waals surface area contributed by atoms with Crippen molar-refractivity contribution in [2.24, 2.45) is 0 Å². The van der Waals surface area contributed by atoms with E-state index >= 15 is 0 Å². The zero-order chi connectivity index (χ0) is 13.8. The van der Waals surface area contributed by atoms with Gasteiger partial charge in [-0.3, -0.25) is 4.79 Å². The van der Waals surface area contributed by atoms with Crippen LogP contribution in [0.1, 0.15) is 36.7 Å². The van der Waals surface area contributed by atoms with Gasteiger partial charge in [-0.2, -0.15) is 0 Å². The van der Waals surface area contributed by atoms with Gasteiger partial charge in [0.25, 0.3) is 0 Å². The Morgan fingerprint density at radius 1 is 1.33 bits per heavy atom. The highest BCUT2D eigenvalue weighted by Crippen LogP contribution is 2.14. The highest BCUT2D eigenvalue weighted by Gasteiger charge is 2.24. The summed E-state index contributed by atoms with van der Waals surface area (Å²) in [7, 11) is 0. The normalized spacial score (nSPS) is 13.4. The van der Waals surface area contributed by atoms with Crippen LogP contribution in [-0.4, -0.2) is 34.3 Å². The van der Waals surface area contributed by atoms with Crippen LogP contribution < -0.4 is 0 Å². The van der Waals surface area contributed by atoms with E-state index in [1.807, 2.05) is 0 Å². The van der Waals surface area contributed by atoms with Gasteiger partial charge in [-0.15, -0.1) is 0 Å². The van der Waals surface area contributed by atoms with Crippen LogP contribution in [0.5, 0.6) is 0 Å². The lowest BCUT2D eigenvalue weighted by atomic mass is 9.96. The molecule has 0 saturated carbocycles. The van der Waals surface area contributed by atoms with Crippen molar-refractivity contribution in [1.82, 2.24) is 0 Å². The molecule has 2 N–H and O–H groups in total. The summed E-state index contributed by atoms with van der Waals surface area (Å²) >= 11 is 0. The van der Waals surface area contributed by atoms with Crippen molar-refractivity contribution < 1.29 is 19.7 Å². The van der Waals surface area contributed by atoms with Crippen LogP contribution in [0.2, 0.25) is 0 Å². The summed E-state index contributed by atoms with van der Waals surface area (Å²) in [6, 6.07) is 6.89. The van der Waals surface area contributed by atoms with Gasteiger partial charge in [0.2, 0.25) is 0 Å². The lowest BCUT2D eigenvalue weighted by molar-refractivity contribution is 0.0375. The second-order valence-electron chi connectivity index (χ2n) is 4.95. The van der Waals surface area contributed by atoms with Crippen LogP contribution in [-0.2, 0) is 11.3 Å². The molecule has 0 aliphatic heterocycles. The van der Waals surface area contributed by atoms with Gasteiger partial charge in [-0.1, -0.05) is 24.3 Å². The maximum absolute atomic E-state index is 11.8. The molecule has 4 heteroatoms. The van der Waals surface area contributed by atoms with E-state index in [0.717, 1.165) is 5.56 Å². The van der Waals surface area contributed by atoms with Gasteiger partial charge in [-0.25, -0.2) is 0 Å². The molecule has 1 aromatic rings. The van der Waals surface area contributed by atoms with Crippen LogP contribution in [0, 0.1) is 0 Å². The van der Waals surface area contributed by atoms with Crippen LogP contribution in [0.25, 0.3) is 0 Å². The number of Topliss-reactive ketones (excluding diaryl/α,β-unsaturated/α-hetero) is 1. The molecular weight excluding hydrogens is 232 g/mol. The Hall–Kier alpha value is -1.23. The van der Waals surface area contributed by atoms with E-state index in [1.165, 1.54) is 13.8 Å².